The summed E-state index contributed by atoms with van der Waals surface area (Å²) >= 11 is 3.53. The maximum absolute atomic E-state index is 5.88. The van der Waals surface area contributed by atoms with E-state index in [0.717, 1.165) is 34.3 Å². The lowest BCUT2D eigenvalue weighted by Crippen LogP contribution is -2.32. The molecule has 0 unspecified atom stereocenters. The first kappa shape index (κ1) is 15.1. The highest BCUT2D eigenvalue weighted by molar-refractivity contribution is 9.10. The van der Waals surface area contributed by atoms with E-state index in [1.54, 1.807) is 0 Å². The summed E-state index contributed by atoms with van der Waals surface area (Å²) in [4.78, 5) is 2.59. The Balaban J connectivity index is 1.41. The van der Waals surface area contributed by atoms with Crippen LogP contribution >= 0.6 is 15.9 Å². The molecule has 2 aromatic rings. The van der Waals surface area contributed by atoms with E-state index in [1.165, 1.54) is 45.3 Å². The van der Waals surface area contributed by atoms with E-state index in [-0.39, 0.29) is 0 Å². The van der Waals surface area contributed by atoms with Crippen LogP contribution in [0.1, 0.15) is 31.4 Å². The Morgan fingerprint density at radius 1 is 1.19 bits per heavy atom. The van der Waals surface area contributed by atoms with Crippen molar-refractivity contribution < 1.29 is 4.42 Å². The number of likely N-dealkylation sites (tertiary alicyclic amines) is 1. The molecule has 0 atom stereocenters. The van der Waals surface area contributed by atoms with Crippen LogP contribution in [0.5, 0.6) is 0 Å². The highest BCUT2D eigenvalue weighted by Crippen LogP contribution is 2.26. The van der Waals surface area contributed by atoms with Gasteiger partial charge in [0, 0.05) is 5.39 Å². The van der Waals surface area contributed by atoms with Gasteiger partial charge in [0.05, 0.1) is 11.0 Å². The van der Waals surface area contributed by atoms with Crippen LogP contribution in [-0.4, -0.2) is 31.1 Å². The van der Waals surface area contributed by atoms with Gasteiger partial charge in [-0.15, -0.1) is 0 Å². The zero-order chi connectivity index (χ0) is 14.5. The van der Waals surface area contributed by atoms with Crippen LogP contribution in [0, 0.1) is 0 Å². The van der Waals surface area contributed by atoms with Crippen molar-refractivity contribution in [2.45, 2.75) is 32.2 Å². The first-order chi connectivity index (χ1) is 10.3. The van der Waals surface area contributed by atoms with Gasteiger partial charge >= 0.3 is 0 Å². The lowest BCUT2D eigenvalue weighted by molar-refractivity contribution is 0.225. The Kier molecular flexibility index (Phi) is 5.33. The second-order valence-electron chi connectivity index (χ2n) is 5.80. The fourth-order valence-electron chi connectivity index (χ4n) is 2.99. The number of fused-ring (bicyclic) bond motifs is 1. The van der Waals surface area contributed by atoms with Gasteiger partial charge in [0.2, 0.25) is 0 Å². The molecule has 2 heterocycles. The molecule has 3 rings (SSSR count). The minimum absolute atomic E-state index is 0.807. The minimum atomic E-state index is 0.807. The van der Waals surface area contributed by atoms with Crippen LogP contribution < -0.4 is 5.32 Å². The molecule has 1 aliphatic rings. The predicted octanol–water partition coefficient (Wildman–Crippen LogP) is 4.16. The fourth-order valence-corrected chi connectivity index (χ4v) is 3.45. The third-order valence-electron chi connectivity index (χ3n) is 4.12. The number of nitrogens with one attached hydrogen (secondary N) is 1. The molecule has 0 amide bonds. The van der Waals surface area contributed by atoms with E-state index < -0.39 is 0 Å². The van der Waals surface area contributed by atoms with Crippen molar-refractivity contribution in [3.05, 3.63) is 34.5 Å². The first-order valence-electron chi connectivity index (χ1n) is 7.93. The summed E-state index contributed by atoms with van der Waals surface area (Å²) in [6, 6.07) is 8.26. The number of nitrogens with zero attached hydrogens (tertiary/aromatic N) is 1. The SMILES string of the molecule is Brc1cccc2cc(CNCCCN3CCCCC3)oc12. The molecule has 4 heteroatoms. The predicted molar refractivity (Wildman–Crippen MR) is 90.5 cm³/mol. The molecule has 114 valence electrons. The molecule has 0 spiro atoms. The van der Waals surface area contributed by atoms with Crippen molar-refractivity contribution >= 4 is 26.9 Å². The fraction of sp³-hybridized carbons (Fsp3) is 0.529. The summed E-state index contributed by atoms with van der Waals surface area (Å²) in [5, 5.41) is 4.65. The van der Waals surface area contributed by atoms with Crippen molar-refractivity contribution in [2.75, 3.05) is 26.2 Å². The van der Waals surface area contributed by atoms with Crippen molar-refractivity contribution in [2.24, 2.45) is 0 Å². The summed E-state index contributed by atoms with van der Waals surface area (Å²) in [5.41, 5.74) is 0.947. The van der Waals surface area contributed by atoms with Crippen LogP contribution in [0.2, 0.25) is 0 Å². The van der Waals surface area contributed by atoms with Crippen LogP contribution in [0.3, 0.4) is 0 Å². The van der Waals surface area contributed by atoms with Crippen molar-refractivity contribution in [3.63, 3.8) is 0 Å². The lowest BCUT2D eigenvalue weighted by atomic mass is 10.1. The van der Waals surface area contributed by atoms with Crippen LogP contribution in [0.4, 0.5) is 0 Å². The molecule has 0 radical (unpaired) electrons. The van der Waals surface area contributed by atoms with Crippen molar-refractivity contribution in [1.82, 2.24) is 10.2 Å². The van der Waals surface area contributed by atoms with Crippen molar-refractivity contribution in [1.29, 1.82) is 0 Å². The second kappa shape index (κ2) is 7.43. The van der Waals surface area contributed by atoms with Crippen LogP contribution in [-0.2, 0) is 6.54 Å². The van der Waals surface area contributed by atoms with Gasteiger partial charge in [0.15, 0.2) is 0 Å². The van der Waals surface area contributed by atoms with Gasteiger partial charge in [-0.1, -0.05) is 18.6 Å². The van der Waals surface area contributed by atoms with E-state index in [9.17, 15) is 0 Å². The monoisotopic (exact) mass is 350 g/mol. The molecule has 1 aromatic carbocycles. The zero-order valence-electron chi connectivity index (χ0n) is 12.4. The van der Waals surface area contributed by atoms with Crippen LogP contribution in [0.15, 0.2) is 33.2 Å². The maximum atomic E-state index is 5.88. The number of piperidine rings is 1. The summed E-state index contributed by atoms with van der Waals surface area (Å²) in [6.07, 6.45) is 5.38. The molecule has 1 N–H and O–H groups in total. The average molecular weight is 351 g/mol. The third-order valence-corrected chi connectivity index (χ3v) is 4.75. The molecule has 1 aliphatic heterocycles. The molecule has 0 bridgehead atoms. The summed E-state index contributed by atoms with van der Waals surface area (Å²) in [5.74, 6) is 1.01. The Bertz CT molecular complexity index is 575. The van der Waals surface area contributed by atoms with Gasteiger partial charge < -0.3 is 14.6 Å². The first-order valence-corrected chi connectivity index (χ1v) is 8.72. The lowest BCUT2D eigenvalue weighted by Gasteiger charge is -2.26. The number of para-hydroxylation sites is 1. The summed E-state index contributed by atoms with van der Waals surface area (Å²) in [6.45, 7) is 5.66. The Labute approximate surface area is 134 Å². The minimum Gasteiger partial charge on any atom is -0.459 e. The number of benzene rings is 1. The normalized spacial score (nSPS) is 16.6. The Morgan fingerprint density at radius 3 is 2.86 bits per heavy atom. The van der Waals surface area contributed by atoms with E-state index in [1.807, 2.05) is 12.1 Å². The summed E-state index contributed by atoms with van der Waals surface area (Å²) in [7, 11) is 0. The topological polar surface area (TPSA) is 28.4 Å². The van der Waals surface area contributed by atoms with Gasteiger partial charge in [0.1, 0.15) is 11.3 Å². The van der Waals surface area contributed by atoms with Gasteiger partial charge in [-0.2, -0.15) is 0 Å². The average Bonchev–Trinajstić information content (AvgIpc) is 2.92. The molecule has 21 heavy (non-hydrogen) atoms. The van der Waals surface area contributed by atoms with Gasteiger partial charge in [-0.3, -0.25) is 0 Å². The van der Waals surface area contributed by atoms with Crippen molar-refractivity contribution in [3.8, 4) is 0 Å². The van der Waals surface area contributed by atoms with Gasteiger partial charge in [0.25, 0.3) is 0 Å². The standard InChI is InChI=1S/C17H23BrN2O/c18-16-7-4-6-14-12-15(21-17(14)16)13-19-8-5-11-20-9-2-1-3-10-20/h4,6-7,12,19H,1-3,5,8-11,13H2. The molecule has 1 aromatic heterocycles. The number of furan rings is 1. The number of hydrogen-bond acceptors (Lipinski definition) is 3. The molecule has 1 fully saturated rings. The Morgan fingerprint density at radius 2 is 2.05 bits per heavy atom. The van der Waals surface area contributed by atoms with Gasteiger partial charge in [-0.05, 0) is 73.5 Å². The van der Waals surface area contributed by atoms with Crippen LogP contribution in [0.25, 0.3) is 11.0 Å². The second-order valence-corrected chi connectivity index (χ2v) is 6.66. The van der Waals surface area contributed by atoms with Gasteiger partial charge in [-0.25, -0.2) is 0 Å². The van der Waals surface area contributed by atoms with E-state index in [2.05, 4.69) is 38.3 Å². The highest BCUT2D eigenvalue weighted by atomic mass is 79.9. The number of rotatable bonds is 6. The molecule has 0 aliphatic carbocycles. The largest absolute Gasteiger partial charge is 0.459 e. The molecule has 1 saturated heterocycles. The quantitative estimate of drug-likeness (QED) is 0.792. The Hall–Kier alpha value is -0.840. The molecular formula is C17H23BrN2O. The van der Waals surface area contributed by atoms with E-state index in [4.69, 9.17) is 4.42 Å². The molecule has 3 nitrogen and oxygen atoms in total. The third kappa shape index (κ3) is 4.09. The molecular weight excluding hydrogens is 328 g/mol. The highest BCUT2D eigenvalue weighted by Gasteiger charge is 2.09. The van der Waals surface area contributed by atoms with E-state index in [0.29, 0.717) is 0 Å². The smallest absolute Gasteiger partial charge is 0.148 e. The maximum Gasteiger partial charge on any atom is 0.148 e. The number of hydrogen-bond donors (Lipinski definition) is 1. The van der Waals surface area contributed by atoms with E-state index >= 15 is 0 Å². The molecule has 0 saturated carbocycles. The number of halogens is 1. The summed E-state index contributed by atoms with van der Waals surface area (Å²) < 4.78 is 6.90. The zero-order valence-corrected chi connectivity index (χ0v) is 14.0.